The zero-order valence-electron chi connectivity index (χ0n) is 15.3. The number of nitrogens with zero attached hydrogens (tertiary/aromatic N) is 2. The van der Waals surface area contributed by atoms with Crippen LogP contribution in [0, 0.1) is 0 Å². The number of nitrogens with one attached hydrogen (secondary N) is 1. The molecule has 0 radical (unpaired) electrons. The van der Waals surface area contributed by atoms with E-state index in [2.05, 4.69) is 5.32 Å². The molecule has 0 unspecified atom stereocenters. The van der Waals surface area contributed by atoms with Gasteiger partial charge in [0.1, 0.15) is 0 Å². The first-order valence-electron chi connectivity index (χ1n) is 8.62. The zero-order chi connectivity index (χ0) is 17.7. The summed E-state index contributed by atoms with van der Waals surface area (Å²) in [4.78, 5) is 28.2. The second kappa shape index (κ2) is 7.79. The van der Waals surface area contributed by atoms with Gasteiger partial charge in [-0.1, -0.05) is 12.1 Å². The van der Waals surface area contributed by atoms with Gasteiger partial charge in [0.25, 0.3) is 5.91 Å². The van der Waals surface area contributed by atoms with Gasteiger partial charge in [-0.25, -0.2) is 0 Å². The van der Waals surface area contributed by atoms with Crippen LogP contribution in [0.15, 0.2) is 24.3 Å². The topological polar surface area (TPSA) is 52.7 Å². The molecule has 1 aromatic rings. The van der Waals surface area contributed by atoms with E-state index in [9.17, 15) is 9.59 Å². The van der Waals surface area contributed by atoms with Crippen LogP contribution >= 0.6 is 0 Å². The van der Waals surface area contributed by atoms with E-state index in [-0.39, 0.29) is 17.4 Å². The molecule has 1 N–H and O–H groups in total. The fraction of sp³-hybridized carbons (Fsp3) is 0.579. The minimum atomic E-state index is -0.213. The standard InChI is InChI=1S/C19H29N3O2/c1-19(2,3)20-17(23)14-21(4)13-15-7-9-16(10-8-15)18(24)22-11-5-6-12-22/h7-10H,5-6,11-14H2,1-4H3,(H,20,23). The first-order valence-corrected chi connectivity index (χ1v) is 8.62. The van der Waals surface area contributed by atoms with Crippen molar-refractivity contribution in [3.8, 4) is 0 Å². The fourth-order valence-corrected chi connectivity index (χ4v) is 2.93. The molecule has 132 valence electrons. The molecule has 0 spiro atoms. The van der Waals surface area contributed by atoms with Crippen molar-refractivity contribution in [1.82, 2.24) is 15.1 Å². The lowest BCUT2D eigenvalue weighted by Gasteiger charge is -2.23. The number of hydrogen-bond acceptors (Lipinski definition) is 3. The van der Waals surface area contributed by atoms with Crippen molar-refractivity contribution in [1.29, 1.82) is 0 Å². The number of benzene rings is 1. The molecule has 0 aliphatic carbocycles. The highest BCUT2D eigenvalue weighted by atomic mass is 16.2. The van der Waals surface area contributed by atoms with Gasteiger partial charge in [-0.05, 0) is 58.4 Å². The van der Waals surface area contributed by atoms with Crippen molar-refractivity contribution in [2.75, 3.05) is 26.7 Å². The predicted molar refractivity (Wildman–Crippen MR) is 95.8 cm³/mol. The zero-order valence-corrected chi connectivity index (χ0v) is 15.3. The Balaban J connectivity index is 1.86. The molecule has 1 aromatic carbocycles. The number of carbonyl (C=O) groups excluding carboxylic acids is 2. The summed E-state index contributed by atoms with van der Waals surface area (Å²) in [6.45, 7) is 8.68. The molecule has 0 saturated carbocycles. The smallest absolute Gasteiger partial charge is 0.253 e. The van der Waals surface area contributed by atoms with E-state index >= 15 is 0 Å². The highest BCUT2D eigenvalue weighted by molar-refractivity contribution is 5.94. The Labute approximate surface area is 145 Å². The van der Waals surface area contributed by atoms with Crippen molar-refractivity contribution < 1.29 is 9.59 Å². The number of likely N-dealkylation sites (tertiary alicyclic amines) is 1. The van der Waals surface area contributed by atoms with Gasteiger partial charge in [0.05, 0.1) is 6.54 Å². The first-order chi connectivity index (χ1) is 11.2. The van der Waals surface area contributed by atoms with Crippen LogP contribution in [0.25, 0.3) is 0 Å². The molecule has 2 rings (SSSR count). The van der Waals surface area contributed by atoms with Crippen molar-refractivity contribution in [2.45, 2.75) is 45.7 Å². The second-order valence-electron chi connectivity index (χ2n) is 7.67. The van der Waals surface area contributed by atoms with E-state index < -0.39 is 0 Å². The molecular formula is C19H29N3O2. The summed E-state index contributed by atoms with van der Waals surface area (Å²) in [6.07, 6.45) is 2.20. The summed E-state index contributed by atoms with van der Waals surface area (Å²) >= 11 is 0. The second-order valence-corrected chi connectivity index (χ2v) is 7.67. The SMILES string of the molecule is CN(CC(=O)NC(C)(C)C)Cc1ccc(C(=O)N2CCCC2)cc1. The Hall–Kier alpha value is -1.88. The number of rotatable bonds is 5. The van der Waals surface area contributed by atoms with Crippen LogP contribution in [-0.4, -0.2) is 53.8 Å². The fourth-order valence-electron chi connectivity index (χ4n) is 2.93. The van der Waals surface area contributed by atoms with Crippen molar-refractivity contribution >= 4 is 11.8 Å². The molecule has 1 aliphatic rings. The molecule has 24 heavy (non-hydrogen) atoms. The molecule has 1 saturated heterocycles. The Bertz CT molecular complexity index is 569. The summed E-state index contributed by atoms with van der Waals surface area (Å²) in [5, 5.41) is 2.96. The van der Waals surface area contributed by atoms with Crippen LogP contribution in [0.1, 0.15) is 49.5 Å². The van der Waals surface area contributed by atoms with Crippen molar-refractivity contribution in [3.63, 3.8) is 0 Å². The average Bonchev–Trinajstić information content (AvgIpc) is 2.99. The molecule has 0 aromatic heterocycles. The molecule has 2 amide bonds. The molecular weight excluding hydrogens is 302 g/mol. The molecule has 1 aliphatic heterocycles. The number of amides is 2. The van der Waals surface area contributed by atoms with Crippen LogP contribution in [-0.2, 0) is 11.3 Å². The maximum absolute atomic E-state index is 12.3. The molecule has 1 fully saturated rings. The lowest BCUT2D eigenvalue weighted by Crippen LogP contribution is -2.45. The maximum Gasteiger partial charge on any atom is 0.253 e. The molecule has 0 atom stereocenters. The van der Waals surface area contributed by atoms with Crippen LogP contribution < -0.4 is 5.32 Å². The highest BCUT2D eigenvalue weighted by Crippen LogP contribution is 2.14. The van der Waals surface area contributed by atoms with Crippen LogP contribution in [0.3, 0.4) is 0 Å². The van der Waals surface area contributed by atoms with E-state index in [4.69, 9.17) is 0 Å². The largest absolute Gasteiger partial charge is 0.350 e. The number of likely N-dealkylation sites (N-methyl/N-ethyl adjacent to an activating group) is 1. The maximum atomic E-state index is 12.3. The third-order valence-corrected chi connectivity index (χ3v) is 3.97. The Morgan fingerprint density at radius 2 is 1.71 bits per heavy atom. The minimum Gasteiger partial charge on any atom is -0.350 e. The van der Waals surface area contributed by atoms with Gasteiger partial charge < -0.3 is 10.2 Å². The van der Waals surface area contributed by atoms with Crippen LogP contribution in [0.5, 0.6) is 0 Å². The average molecular weight is 331 g/mol. The molecule has 1 heterocycles. The van der Waals surface area contributed by atoms with E-state index in [1.165, 1.54) is 0 Å². The van der Waals surface area contributed by atoms with Crippen molar-refractivity contribution in [2.24, 2.45) is 0 Å². The van der Waals surface area contributed by atoms with Gasteiger partial charge in [-0.3, -0.25) is 14.5 Å². The van der Waals surface area contributed by atoms with Crippen molar-refractivity contribution in [3.05, 3.63) is 35.4 Å². The predicted octanol–water partition coefficient (Wildman–Crippen LogP) is 2.27. The van der Waals surface area contributed by atoms with E-state index in [0.29, 0.717) is 13.1 Å². The summed E-state index contributed by atoms with van der Waals surface area (Å²) < 4.78 is 0. The van der Waals surface area contributed by atoms with Crippen LogP contribution in [0.2, 0.25) is 0 Å². The van der Waals surface area contributed by atoms with Gasteiger partial charge in [-0.15, -0.1) is 0 Å². The Kier molecular flexibility index (Phi) is 5.99. The summed E-state index contributed by atoms with van der Waals surface area (Å²) in [7, 11) is 1.92. The Morgan fingerprint density at radius 3 is 2.25 bits per heavy atom. The third-order valence-electron chi connectivity index (χ3n) is 3.97. The highest BCUT2D eigenvalue weighted by Gasteiger charge is 2.19. The summed E-state index contributed by atoms with van der Waals surface area (Å²) in [5.74, 6) is 0.141. The van der Waals surface area contributed by atoms with Crippen LogP contribution in [0.4, 0.5) is 0 Å². The van der Waals surface area contributed by atoms with Gasteiger partial charge in [0.2, 0.25) is 5.91 Å². The monoisotopic (exact) mass is 331 g/mol. The quantitative estimate of drug-likeness (QED) is 0.900. The molecule has 0 bridgehead atoms. The lowest BCUT2D eigenvalue weighted by atomic mass is 10.1. The van der Waals surface area contributed by atoms with Gasteiger partial charge in [0, 0.05) is 30.7 Å². The van der Waals surface area contributed by atoms with E-state index in [1.807, 2.05) is 61.9 Å². The number of carbonyl (C=O) groups is 2. The van der Waals surface area contributed by atoms with Gasteiger partial charge in [-0.2, -0.15) is 0 Å². The Morgan fingerprint density at radius 1 is 1.12 bits per heavy atom. The summed E-state index contributed by atoms with van der Waals surface area (Å²) in [6, 6.07) is 7.72. The van der Waals surface area contributed by atoms with Gasteiger partial charge in [0.15, 0.2) is 0 Å². The molecule has 5 heteroatoms. The summed E-state index contributed by atoms with van der Waals surface area (Å²) in [5.41, 5.74) is 1.63. The third kappa shape index (κ3) is 5.64. The lowest BCUT2D eigenvalue weighted by molar-refractivity contribution is -0.123. The molecule has 5 nitrogen and oxygen atoms in total. The first kappa shape index (κ1) is 18.5. The van der Waals surface area contributed by atoms with Gasteiger partial charge >= 0.3 is 0 Å². The van der Waals surface area contributed by atoms with E-state index in [1.54, 1.807) is 0 Å². The van der Waals surface area contributed by atoms with E-state index in [0.717, 1.165) is 37.1 Å². The number of hydrogen-bond donors (Lipinski definition) is 1. The normalized spacial score (nSPS) is 15.0. The minimum absolute atomic E-state index is 0.0193.